The molecule has 0 aliphatic carbocycles. The number of ether oxygens (including phenoxy) is 4. The number of Topliss-reactive ketones (excluding diaryl/α,β-unsaturated/α-hetero) is 2. The Morgan fingerprint density at radius 1 is 0.414 bits per heavy atom. The van der Waals surface area contributed by atoms with Gasteiger partial charge in [0, 0.05) is 51.8 Å². The first kappa shape index (κ1) is 75.1. The van der Waals surface area contributed by atoms with Gasteiger partial charge in [0.15, 0.2) is 5.78 Å². The molecular formula is C48H92N2O14S6. The fraction of sp³-hybridized carbons (Fsp3) is 0.854. The predicted molar refractivity (Wildman–Crippen MR) is 298 cm³/mol. The summed E-state index contributed by atoms with van der Waals surface area (Å²) in [6, 6.07) is 0. The monoisotopic (exact) mass is 1110 g/mol. The molecule has 0 radical (unpaired) electrons. The average Bonchev–Trinajstić information content (AvgIpc) is 3.34. The number of hydrogen-bond donors (Lipinski definition) is 5. The normalized spacial score (nSPS) is 11.4. The third-order valence-electron chi connectivity index (χ3n) is 10.0. The van der Waals surface area contributed by atoms with Crippen molar-refractivity contribution in [3.05, 3.63) is 0 Å². The van der Waals surface area contributed by atoms with Gasteiger partial charge in [-0.3, -0.25) is 33.6 Å². The van der Waals surface area contributed by atoms with Crippen LogP contribution in [0.4, 0.5) is 0 Å². The minimum Gasteiger partial charge on any atom is -0.481 e. The number of amides is 2. The van der Waals surface area contributed by atoms with E-state index >= 15 is 0 Å². The lowest BCUT2D eigenvalue weighted by molar-refractivity contribution is -0.144. The molecule has 16 nitrogen and oxygen atoms in total. The van der Waals surface area contributed by atoms with Crippen molar-refractivity contribution in [1.29, 1.82) is 0 Å². The molecule has 0 saturated carbocycles. The number of carboxylic acids is 3. The highest BCUT2D eigenvalue weighted by molar-refractivity contribution is 8.76. The van der Waals surface area contributed by atoms with E-state index in [-0.39, 0.29) is 95.3 Å². The topological polar surface area (TPSA) is 241 Å². The molecule has 2 atom stereocenters. The van der Waals surface area contributed by atoms with Gasteiger partial charge in [0.25, 0.3) is 0 Å². The smallest absolute Gasteiger partial charge is 0.306 e. The molecule has 70 heavy (non-hydrogen) atoms. The second-order valence-electron chi connectivity index (χ2n) is 15.9. The number of carbonyl (C=O) groups excluding carboxylic acids is 4. The van der Waals surface area contributed by atoms with Crippen LogP contribution < -0.4 is 10.6 Å². The van der Waals surface area contributed by atoms with E-state index in [9.17, 15) is 38.7 Å². The van der Waals surface area contributed by atoms with E-state index in [0.717, 1.165) is 64.2 Å². The molecule has 0 aromatic carbocycles. The summed E-state index contributed by atoms with van der Waals surface area (Å²) < 4.78 is 21.4. The summed E-state index contributed by atoms with van der Waals surface area (Å²) in [4.78, 5) is 81.3. The van der Waals surface area contributed by atoms with Gasteiger partial charge in [-0.05, 0) is 76.1 Å². The summed E-state index contributed by atoms with van der Waals surface area (Å²) in [5.41, 5.74) is 0. The molecular weight excluding hydrogens is 1020 g/mol. The SMILES string of the molecule is CSSC.CSSC.CSSC.C[C@@H](CCCCNC(=O)COCCOCCCC(=O)COCCOCCNC(=O)CC[C@H](CC(=O)CCCCCCCCCCCCCCC(=O)O)C(=O)O)C(=O)O. The Hall–Kier alpha value is -1.37. The molecule has 0 unspecified atom stereocenters. The van der Waals surface area contributed by atoms with Gasteiger partial charge in [-0.2, -0.15) is 0 Å². The number of aliphatic carboxylic acids is 3. The van der Waals surface area contributed by atoms with Crippen LogP contribution in [-0.4, -0.2) is 160 Å². The first-order chi connectivity index (χ1) is 33.7. The maximum atomic E-state index is 12.4. The summed E-state index contributed by atoms with van der Waals surface area (Å²) in [5.74, 6) is -4.62. The highest BCUT2D eigenvalue weighted by Gasteiger charge is 2.22. The van der Waals surface area contributed by atoms with Crippen LogP contribution in [0.25, 0.3) is 0 Å². The zero-order chi connectivity index (χ0) is 53.3. The minimum atomic E-state index is -1.08. The molecule has 0 aliphatic rings. The maximum Gasteiger partial charge on any atom is 0.306 e. The lowest BCUT2D eigenvalue weighted by Crippen LogP contribution is -2.29. The van der Waals surface area contributed by atoms with Gasteiger partial charge >= 0.3 is 17.9 Å². The number of hydrogen-bond acceptors (Lipinski definition) is 17. The van der Waals surface area contributed by atoms with Crippen molar-refractivity contribution in [3.8, 4) is 0 Å². The molecule has 5 N–H and O–H groups in total. The summed E-state index contributed by atoms with van der Waals surface area (Å²) in [7, 11) is 10.6. The Morgan fingerprint density at radius 3 is 1.34 bits per heavy atom. The molecule has 0 heterocycles. The maximum absolute atomic E-state index is 12.4. The number of ketones is 2. The molecule has 0 rings (SSSR count). The van der Waals surface area contributed by atoms with Gasteiger partial charge < -0.3 is 44.9 Å². The van der Waals surface area contributed by atoms with Gasteiger partial charge in [0.2, 0.25) is 11.8 Å². The van der Waals surface area contributed by atoms with E-state index in [4.69, 9.17) is 29.2 Å². The van der Waals surface area contributed by atoms with Crippen molar-refractivity contribution in [2.24, 2.45) is 11.8 Å². The number of unbranched alkanes of at least 4 members (excludes halogenated alkanes) is 12. The number of carbonyl (C=O) groups is 7. The molecule has 0 fully saturated rings. The average molecular weight is 1110 g/mol. The summed E-state index contributed by atoms with van der Waals surface area (Å²) in [6.07, 6.45) is 28.3. The number of rotatable bonds is 47. The van der Waals surface area contributed by atoms with E-state index < -0.39 is 29.7 Å². The summed E-state index contributed by atoms with van der Waals surface area (Å²) in [6.45, 7) is 3.79. The quantitative estimate of drug-likeness (QED) is 0.0281. The fourth-order valence-electron chi connectivity index (χ4n) is 5.92. The van der Waals surface area contributed by atoms with Crippen LogP contribution in [-0.2, 0) is 52.5 Å². The predicted octanol–water partition coefficient (Wildman–Crippen LogP) is 10.4. The fourth-order valence-corrected chi connectivity index (χ4v) is 5.92. The van der Waals surface area contributed by atoms with Crippen LogP contribution in [0.5, 0.6) is 0 Å². The van der Waals surface area contributed by atoms with Crippen molar-refractivity contribution in [1.82, 2.24) is 10.6 Å². The Balaban J connectivity index is -0.00000161. The Labute approximate surface area is 445 Å². The molecule has 0 aromatic heterocycles. The molecule has 0 bridgehead atoms. The van der Waals surface area contributed by atoms with E-state index in [1.807, 2.05) is 0 Å². The number of nitrogens with one attached hydrogen (secondary N) is 2. The van der Waals surface area contributed by atoms with Crippen molar-refractivity contribution in [2.75, 3.05) is 103 Å². The zero-order valence-corrected chi connectivity index (χ0v) is 48.5. The van der Waals surface area contributed by atoms with Crippen LogP contribution in [0.2, 0.25) is 0 Å². The van der Waals surface area contributed by atoms with E-state index in [0.29, 0.717) is 51.9 Å². The van der Waals surface area contributed by atoms with E-state index in [1.165, 1.54) is 19.3 Å². The lowest BCUT2D eigenvalue weighted by atomic mass is 9.94. The Kier molecular flexibility index (Phi) is 66.5. The Bertz CT molecular complexity index is 1250. The molecule has 0 aliphatic heterocycles. The van der Waals surface area contributed by atoms with Gasteiger partial charge in [-0.1, -0.05) is 142 Å². The summed E-state index contributed by atoms with van der Waals surface area (Å²) in [5, 5.41) is 32.5. The van der Waals surface area contributed by atoms with Gasteiger partial charge in [0.05, 0.1) is 44.9 Å². The molecule has 22 heteroatoms. The van der Waals surface area contributed by atoms with Crippen molar-refractivity contribution >= 4 is 106 Å². The minimum absolute atomic E-state index is 0.00178. The third-order valence-corrected chi connectivity index (χ3v) is 14.0. The van der Waals surface area contributed by atoms with Crippen LogP contribution >= 0.6 is 64.8 Å². The van der Waals surface area contributed by atoms with Crippen LogP contribution in [0.3, 0.4) is 0 Å². The standard InChI is InChI=1S/C42H74N2O14.3C2H6S2/c1-34(41(51)52)17-14-15-23-43-39(48)33-58-30-27-55-25-16-19-37(46)32-57-29-28-56-26-24-44-38(47)22-21-35(42(53)54)31-36(45)18-12-10-8-6-4-2-3-5-7-9-11-13-20-40(49)50;3*1-3-4-2/h34-35H,2-33H2,1H3,(H,43,48)(H,44,47)(H,49,50)(H,51,52)(H,53,54);3*1-2H3/t34-,35+;;;/m0.../s1. The van der Waals surface area contributed by atoms with Crippen LogP contribution in [0, 0.1) is 11.8 Å². The summed E-state index contributed by atoms with van der Waals surface area (Å²) >= 11 is 0. The molecule has 414 valence electrons. The molecule has 0 saturated heterocycles. The molecule has 0 spiro atoms. The molecule has 2 amide bonds. The van der Waals surface area contributed by atoms with Gasteiger partial charge in [-0.25, -0.2) is 0 Å². The number of carboxylic acid groups (broad SMARTS) is 3. The zero-order valence-electron chi connectivity index (χ0n) is 43.6. The van der Waals surface area contributed by atoms with Gasteiger partial charge in [-0.15, -0.1) is 0 Å². The van der Waals surface area contributed by atoms with Crippen LogP contribution in [0.1, 0.15) is 148 Å². The van der Waals surface area contributed by atoms with Crippen molar-refractivity contribution < 1.29 is 67.8 Å². The Morgan fingerprint density at radius 2 is 0.857 bits per heavy atom. The second-order valence-corrected chi connectivity index (χ2v) is 23.9. The highest BCUT2D eigenvalue weighted by atomic mass is 33.1. The lowest BCUT2D eigenvalue weighted by Gasteiger charge is -2.12. The first-order valence-electron chi connectivity index (χ1n) is 24.4. The molecule has 0 aromatic rings. The largest absolute Gasteiger partial charge is 0.481 e. The first-order valence-corrected chi connectivity index (χ1v) is 33.3. The van der Waals surface area contributed by atoms with E-state index in [1.54, 1.807) is 71.7 Å². The third kappa shape index (κ3) is 66.6. The second kappa shape index (κ2) is 61.9. The van der Waals surface area contributed by atoms with Crippen molar-refractivity contribution in [3.63, 3.8) is 0 Å². The van der Waals surface area contributed by atoms with Gasteiger partial charge in [0.1, 0.15) is 19.0 Å². The van der Waals surface area contributed by atoms with Crippen molar-refractivity contribution in [2.45, 2.75) is 148 Å². The highest BCUT2D eigenvalue weighted by Crippen LogP contribution is 2.17. The van der Waals surface area contributed by atoms with Crippen LogP contribution in [0.15, 0.2) is 0 Å². The van der Waals surface area contributed by atoms with E-state index in [2.05, 4.69) is 48.2 Å².